The van der Waals surface area contributed by atoms with E-state index in [4.69, 9.17) is 14.2 Å². The fraction of sp³-hybridized carbons (Fsp3) is 0.167. The van der Waals surface area contributed by atoms with Gasteiger partial charge in [0.05, 0.1) is 16.6 Å². The Labute approximate surface area is 188 Å². The molecule has 0 bridgehead atoms. The predicted octanol–water partition coefficient (Wildman–Crippen LogP) is 3.93. The van der Waals surface area contributed by atoms with Crippen LogP contribution in [-0.2, 0) is 9.53 Å². The summed E-state index contributed by atoms with van der Waals surface area (Å²) in [6.45, 7) is 1.92. The SMILES string of the molecule is CCC(OC(=O)c1ccc2nc(-c3cccnc3)[nH]c2c1)C(=O)Nc1ccc2c(c1)OCO2. The van der Waals surface area contributed by atoms with Crippen molar-refractivity contribution >= 4 is 28.6 Å². The van der Waals surface area contributed by atoms with Crippen molar-refractivity contribution in [2.75, 3.05) is 12.1 Å². The second kappa shape index (κ2) is 8.62. The van der Waals surface area contributed by atoms with E-state index in [1.165, 1.54) is 0 Å². The minimum absolute atomic E-state index is 0.145. The molecule has 1 unspecified atom stereocenters. The quantitative estimate of drug-likeness (QED) is 0.433. The molecule has 0 radical (unpaired) electrons. The number of hydrogen-bond acceptors (Lipinski definition) is 7. The molecular weight excluding hydrogens is 424 g/mol. The number of benzene rings is 2. The van der Waals surface area contributed by atoms with E-state index in [1.807, 2.05) is 12.1 Å². The Morgan fingerprint density at radius 1 is 1.15 bits per heavy atom. The Bertz CT molecular complexity index is 1340. The van der Waals surface area contributed by atoms with Gasteiger partial charge in [-0.15, -0.1) is 0 Å². The maximum atomic E-state index is 12.8. The van der Waals surface area contributed by atoms with Gasteiger partial charge in [-0.05, 0) is 48.9 Å². The molecule has 9 heteroatoms. The largest absolute Gasteiger partial charge is 0.454 e. The number of rotatable bonds is 6. The van der Waals surface area contributed by atoms with Gasteiger partial charge in [-0.3, -0.25) is 9.78 Å². The van der Waals surface area contributed by atoms with Crippen LogP contribution in [0.1, 0.15) is 23.7 Å². The predicted molar refractivity (Wildman–Crippen MR) is 120 cm³/mol. The Hall–Kier alpha value is -4.40. The Balaban J connectivity index is 1.29. The molecule has 2 aromatic carbocycles. The molecule has 4 aromatic rings. The highest BCUT2D eigenvalue weighted by Gasteiger charge is 2.23. The molecule has 2 N–H and O–H groups in total. The highest BCUT2D eigenvalue weighted by Crippen LogP contribution is 2.34. The van der Waals surface area contributed by atoms with Crippen molar-refractivity contribution in [2.45, 2.75) is 19.4 Å². The summed E-state index contributed by atoms with van der Waals surface area (Å²) in [6.07, 6.45) is 2.76. The third-order valence-corrected chi connectivity index (χ3v) is 5.21. The lowest BCUT2D eigenvalue weighted by molar-refractivity contribution is -0.124. The van der Waals surface area contributed by atoms with Gasteiger partial charge in [0, 0.05) is 29.7 Å². The maximum absolute atomic E-state index is 12.8. The topological polar surface area (TPSA) is 115 Å². The molecule has 1 aliphatic rings. The molecule has 0 spiro atoms. The number of carbonyl (C=O) groups is 2. The van der Waals surface area contributed by atoms with Crippen LogP contribution in [-0.4, -0.2) is 39.7 Å². The van der Waals surface area contributed by atoms with E-state index in [9.17, 15) is 9.59 Å². The monoisotopic (exact) mass is 444 g/mol. The number of carbonyl (C=O) groups excluding carboxylic acids is 2. The lowest BCUT2D eigenvalue weighted by Crippen LogP contribution is -2.32. The van der Waals surface area contributed by atoms with Crippen LogP contribution in [0.2, 0.25) is 0 Å². The van der Waals surface area contributed by atoms with Gasteiger partial charge in [0.25, 0.3) is 5.91 Å². The molecule has 1 amide bonds. The first kappa shape index (κ1) is 20.5. The third kappa shape index (κ3) is 4.20. The van der Waals surface area contributed by atoms with Crippen LogP contribution in [0.3, 0.4) is 0 Å². The van der Waals surface area contributed by atoms with Gasteiger partial charge in [0.15, 0.2) is 17.6 Å². The average Bonchev–Trinajstić information content (AvgIpc) is 3.49. The number of aromatic amines is 1. The Morgan fingerprint density at radius 2 is 2.03 bits per heavy atom. The fourth-order valence-electron chi connectivity index (χ4n) is 3.49. The summed E-state index contributed by atoms with van der Waals surface area (Å²) in [6, 6.07) is 13.8. The molecule has 33 heavy (non-hydrogen) atoms. The van der Waals surface area contributed by atoms with Gasteiger partial charge in [-0.2, -0.15) is 0 Å². The molecule has 0 aliphatic carbocycles. The molecule has 3 heterocycles. The fourth-order valence-corrected chi connectivity index (χ4v) is 3.49. The van der Waals surface area contributed by atoms with Gasteiger partial charge in [0.2, 0.25) is 6.79 Å². The third-order valence-electron chi connectivity index (χ3n) is 5.21. The van der Waals surface area contributed by atoms with E-state index in [2.05, 4.69) is 20.3 Å². The van der Waals surface area contributed by atoms with Crippen molar-refractivity contribution in [3.8, 4) is 22.9 Å². The van der Waals surface area contributed by atoms with Gasteiger partial charge >= 0.3 is 5.97 Å². The molecule has 0 fully saturated rings. The first-order chi connectivity index (χ1) is 16.1. The normalized spacial score (nSPS) is 13.0. The molecule has 1 aliphatic heterocycles. The highest BCUT2D eigenvalue weighted by atomic mass is 16.7. The zero-order valence-corrected chi connectivity index (χ0v) is 17.7. The molecule has 5 rings (SSSR count). The number of aromatic nitrogens is 3. The lowest BCUT2D eigenvalue weighted by Gasteiger charge is -2.16. The number of anilines is 1. The van der Waals surface area contributed by atoms with Crippen LogP contribution in [0.25, 0.3) is 22.4 Å². The lowest BCUT2D eigenvalue weighted by atomic mass is 10.2. The van der Waals surface area contributed by atoms with Gasteiger partial charge in [0.1, 0.15) is 5.82 Å². The second-order valence-corrected chi connectivity index (χ2v) is 7.42. The summed E-state index contributed by atoms with van der Waals surface area (Å²) < 4.78 is 16.1. The number of hydrogen-bond donors (Lipinski definition) is 2. The number of amides is 1. The van der Waals surface area contributed by atoms with Gasteiger partial charge in [-0.25, -0.2) is 9.78 Å². The standard InChI is InChI=1S/C24H20N4O5/c1-2-19(23(29)26-16-6-8-20-21(11-16)32-13-31-20)33-24(30)14-5-7-17-18(10-14)28-22(27-17)15-4-3-9-25-12-15/h3-12,19H,2,13H2,1H3,(H,26,29)(H,27,28). The first-order valence-corrected chi connectivity index (χ1v) is 10.4. The number of esters is 1. The number of imidazole rings is 1. The summed E-state index contributed by atoms with van der Waals surface area (Å²) in [7, 11) is 0. The summed E-state index contributed by atoms with van der Waals surface area (Å²) in [5.74, 6) is 0.801. The van der Waals surface area contributed by atoms with E-state index < -0.39 is 18.0 Å². The van der Waals surface area contributed by atoms with E-state index in [-0.39, 0.29) is 6.79 Å². The zero-order valence-electron chi connectivity index (χ0n) is 17.7. The molecule has 166 valence electrons. The molecule has 9 nitrogen and oxygen atoms in total. The van der Waals surface area contributed by atoms with Crippen LogP contribution in [0.15, 0.2) is 60.9 Å². The van der Waals surface area contributed by atoms with Crippen molar-refractivity contribution in [2.24, 2.45) is 0 Å². The number of pyridine rings is 1. The second-order valence-electron chi connectivity index (χ2n) is 7.42. The molecule has 1 atom stereocenters. The number of nitrogens with one attached hydrogen (secondary N) is 2. The van der Waals surface area contributed by atoms with E-state index in [1.54, 1.807) is 55.7 Å². The highest BCUT2D eigenvalue weighted by molar-refractivity contribution is 5.99. The van der Waals surface area contributed by atoms with E-state index in [0.29, 0.717) is 46.0 Å². The molecular formula is C24H20N4O5. The summed E-state index contributed by atoms with van der Waals surface area (Å²) in [4.78, 5) is 37.3. The molecule has 0 saturated heterocycles. The van der Waals surface area contributed by atoms with Crippen molar-refractivity contribution in [3.63, 3.8) is 0 Å². The van der Waals surface area contributed by atoms with Crippen LogP contribution in [0, 0.1) is 0 Å². The summed E-state index contributed by atoms with van der Waals surface area (Å²) in [5.41, 5.74) is 3.07. The van der Waals surface area contributed by atoms with Crippen molar-refractivity contribution in [1.82, 2.24) is 15.0 Å². The van der Waals surface area contributed by atoms with Crippen molar-refractivity contribution in [3.05, 3.63) is 66.5 Å². The number of nitrogens with zero attached hydrogens (tertiary/aromatic N) is 2. The van der Waals surface area contributed by atoms with Crippen LogP contribution >= 0.6 is 0 Å². The van der Waals surface area contributed by atoms with Gasteiger partial charge < -0.3 is 24.5 Å². The minimum atomic E-state index is -0.952. The minimum Gasteiger partial charge on any atom is -0.454 e. The maximum Gasteiger partial charge on any atom is 0.338 e. The van der Waals surface area contributed by atoms with Crippen LogP contribution < -0.4 is 14.8 Å². The van der Waals surface area contributed by atoms with Crippen molar-refractivity contribution in [1.29, 1.82) is 0 Å². The number of fused-ring (bicyclic) bond motifs is 2. The molecule has 0 saturated carbocycles. The Kier molecular flexibility index (Phi) is 5.35. The zero-order chi connectivity index (χ0) is 22.8. The summed E-state index contributed by atoms with van der Waals surface area (Å²) in [5, 5.41) is 2.76. The van der Waals surface area contributed by atoms with E-state index >= 15 is 0 Å². The smallest absolute Gasteiger partial charge is 0.338 e. The number of H-pyrrole nitrogens is 1. The average molecular weight is 444 g/mol. The Morgan fingerprint density at radius 3 is 2.85 bits per heavy atom. The number of ether oxygens (including phenoxy) is 3. The molecule has 2 aromatic heterocycles. The van der Waals surface area contributed by atoms with Crippen LogP contribution in [0.5, 0.6) is 11.5 Å². The first-order valence-electron chi connectivity index (χ1n) is 10.4. The van der Waals surface area contributed by atoms with Crippen molar-refractivity contribution < 1.29 is 23.8 Å². The van der Waals surface area contributed by atoms with Crippen LogP contribution in [0.4, 0.5) is 5.69 Å². The van der Waals surface area contributed by atoms with Gasteiger partial charge in [-0.1, -0.05) is 6.92 Å². The van der Waals surface area contributed by atoms with E-state index in [0.717, 1.165) is 5.56 Å². The summed E-state index contributed by atoms with van der Waals surface area (Å²) >= 11 is 0.